The van der Waals surface area contributed by atoms with Gasteiger partial charge in [0.2, 0.25) is 0 Å². The van der Waals surface area contributed by atoms with Gasteiger partial charge < -0.3 is 15.5 Å². The molecule has 0 aromatic heterocycles. The highest BCUT2D eigenvalue weighted by atomic mass is 16.4. The smallest absolute Gasteiger partial charge is 0.328 e. The van der Waals surface area contributed by atoms with Crippen LogP contribution in [0.25, 0.3) is 0 Å². The van der Waals surface area contributed by atoms with E-state index < -0.39 is 24.5 Å². The maximum Gasteiger partial charge on any atom is 0.328 e. The summed E-state index contributed by atoms with van der Waals surface area (Å²) >= 11 is 0. The maximum atomic E-state index is 11.7. The summed E-state index contributed by atoms with van der Waals surface area (Å²) in [6.45, 7) is 3.16. The second-order valence-electron chi connectivity index (χ2n) is 3.85. The van der Waals surface area contributed by atoms with E-state index in [-0.39, 0.29) is 0 Å². The maximum absolute atomic E-state index is 11.7. The lowest BCUT2D eigenvalue weighted by Gasteiger charge is -2.12. The normalized spacial score (nSPS) is 11.9. The summed E-state index contributed by atoms with van der Waals surface area (Å²) in [4.78, 5) is 22.3. The van der Waals surface area contributed by atoms with Gasteiger partial charge in [-0.2, -0.15) is 0 Å². The van der Waals surface area contributed by atoms with Crippen LogP contribution in [0.15, 0.2) is 18.2 Å². The van der Waals surface area contributed by atoms with Crippen LogP contribution in [-0.2, 0) is 4.79 Å². The molecule has 5 heteroatoms. The molecule has 1 aromatic rings. The van der Waals surface area contributed by atoms with Gasteiger partial charge in [0.15, 0.2) is 6.04 Å². The molecule has 3 N–H and O–H groups in total. The van der Waals surface area contributed by atoms with Crippen LogP contribution in [0.2, 0.25) is 0 Å². The Balaban J connectivity index is 2.82. The SMILES string of the molecule is Cc1ccc(C(=O)N[C@H](CO)C(=O)O)cc1C. The highest BCUT2D eigenvalue weighted by molar-refractivity contribution is 5.96. The molecule has 0 aliphatic carbocycles. The Kier molecular flexibility index (Phi) is 4.23. The molecule has 0 heterocycles. The molecule has 1 amide bonds. The molecular formula is C12H15NO4. The van der Waals surface area contributed by atoms with Gasteiger partial charge >= 0.3 is 5.97 Å². The minimum Gasteiger partial charge on any atom is -0.480 e. The van der Waals surface area contributed by atoms with E-state index in [1.807, 2.05) is 13.8 Å². The van der Waals surface area contributed by atoms with Crippen molar-refractivity contribution in [2.24, 2.45) is 0 Å². The molecule has 0 spiro atoms. The van der Waals surface area contributed by atoms with Crippen LogP contribution in [0.4, 0.5) is 0 Å². The summed E-state index contributed by atoms with van der Waals surface area (Å²) in [7, 11) is 0. The van der Waals surface area contributed by atoms with E-state index in [2.05, 4.69) is 5.32 Å². The highest BCUT2D eigenvalue weighted by Crippen LogP contribution is 2.09. The van der Waals surface area contributed by atoms with Gasteiger partial charge in [-0.05, 0) is 37.1 Å². The van der Waals surface area contributed by atoms with Crippen LogP contribution in [0.3, 0.4) is 0 Å². The Morgan fingerprint density at radius 2 is 1.94 bits per heavy atom. The van der Waals surface area contributed by atoms with Crippen molar-refractivity contribution in [3.05, 3.63) is 34.9 Å². The zero-order valence-corrected chi connectivity index (χ0v) is 9.73. The van der Waals surface area contributed by atoms with Gasteiger partial charge in [-0.15, -0.1) is 0 Å². The number of amides is 1. The summed E-state index contributed by atoms with van der Waals surface area (Å²) in [5, 5.41) is 19.7. The number of aliphatic hydroxyl groups is 1. The Bertz CT molecular complexity index is 442. The fraction of sp³-hybridized carbons (Fsp3) is 0.333. The first-order valence-corrected chi connectivity index (χ1v) is 5.17. The molecule has 0 aliphatic rings. The molecule has 0 fully saturated rings. The summed E-state index contributed by atoms with van der Waals surface area (Å²) in [6.07, 6.45) is 0. The lowest BCUT2D eigenvalue weighted by atomic mass is 10.1. The number of carbonyl (C=O) groups excluding carboxylic acids is 1. The topological polar surface area (TPSA) is 86.6 Å². The van der Waals surface area contributed by atoms with Gasteiger partial charge in [-0.25, -0.2) is 4.79 Å². The van der Waals surface area contributed by atoms with Crippen molar-refractivity contribution >= 4 is 11.9 Å². The number of carboxylic acids is 1. The number of aryl methyl sites for hydroxylation is 2. The van der Waals surface area contributed by atoms with Gasteiger partial charge in [-0.1, -0.05) is 6.07 Å². The van der Waals surface area contributed by atoms with Crippen LogP contribution in [0.5, 0.6) is 0 Å². The molecule has 0 saturated carbocycles. The third-order valence-electron chi connectivity index (χ3n) is 2.56. The Hall–Kier alpha value is -1.88. The second kappa shape index (κ2) is 5.45. The number of carboxylic acid groups (broad SMARTS) is 1. The molecule has 1 aromatic carbocycles. The number of hydrogen-bond acceptors (Lipinski definition) is 3. The van der Waals surface area contributed by atoms with Crippen molar-refractivity contribution in [2.45, 2.75) is 19.9 Å². The van der Waals surface area contributed by atoms with Crippen molar-refractivity contribution < 1.29 is 19.8 Å². The fourth-order valence-electron chi connectivity index (χ4n) is 1.31. The minimum atomic E-state index is -1.27. The predicted molar refractivity (Wildman–Crippen MR) is 61.9 cm³/mol. The van der Waals surface area contributed by atoms with Gasteiger partial charge in [0.25, 0.3) is 5.91 Å². The third-order valence-corrected chi connectivity index (χ3v) is 2.56. The molecule has 0 radical (unpaired) electrons. The number of hydrogen-bond donors (Lipinski definition) is 3. The van der Waals surface area contributed by atoms with E-state index in [0.717, 1.165) is 11.1 Å². The zero-order valence-electron chi connectivity index (χ0n) is 9.73. The largest absolute Gasteiger partial charge is 0.480 e. The number of carbonyl (C=O) groups is 2. The fourth-order valence-corrected chi connectivity index (χ4v) is 1.31. The van der Waals surface area contributed by atoms with E-state index in [9.17, 15) is 9.59 Å². The molecular weight excluding hydrogens is 222 g/mol. The lowest BCUT2D eigenvalue weighted by molar-refractivity contribution is -0.140. The molecule has 0 bridgehead atoms. The van der Waals surface area contributed by atoms with E-state index in [0.29, 0.717) is 5.56 Å². The van der Waals surface area contributed by atoms with Gasteiger partial charge in [0.05, 0.1) is 6.61 Å². The first kappa shape index (κ1) is 13.2. The van der Waals surface area contributed by atoms with Crippen LogP contribution >= 0.6 is 0 Å². The molecule has 0 unspecified atom stereocenters. The van der Waals surface area contributed by atoms with Crippen LogP contribution in [-0.4, -0.2) is 34.7 Å². The third kappa shape index (κ3) is 3.29. The summed E-state index contributed by atoms with van der Waals surface area (Å²) in [5.74, 6) is -1.76. The summed E-state index contributed by atoms with van der Waals surface area (Å²) in [5.41, 5.74) is 2.39. The molecule has 17 heavy (non-hydrogen) atoms. The predicted octanol–water partition coefficient (Wildman–Crippen LogP) is 0.479. The quantitative estimate of drug-likeness (QED) is 0.710. The Labute approximate surface area is 99.1 Å². The van der Waals surface area contributed by atoms with Crippen molar-refractivity contribution in [1.29, 1.82) is 0 Å². The number of aliphatic hydroxyl groups excluding tert-OH is 1. The second-order valence-corrected chi connectivity index (χ2v) is 3.85. The van der Waals surface area contributed by atoms with Crippen molar-refractivity contribution in [1.82, 2.24) is 5.32 Å². The number of aliphatic carboxylic acids is 1. The molecule has 5 nitrogen and oxygen atoms in total. The van der Waals surface area contributed by atoms with E-state index in [1.54, 1.807) is 18.2 Å². The van der Waals surface area contributed by atoms with Crippen molar-refractivity contribution in [3.63, 3.8) is 0 Å². The first-order chi connectivity index (χ1) is 7.95. The Morgan fingerprint density at radius 1 is 1.29 bits per heavy atom. The van der Waals surface area contributed by atoms with E-state index >= 15 is 0 Å². The number of benzene rings is 1. The summed E-state index contributed by atoms with van der Waals surface area (Å²) < 4.78 is 0. The highest BCUT2D eigenvalue weighted by Gasteiger charge is 2.19. The van der Waals surface area contributed by atoms with E-state index in [1.165, 1.54) is 0 Å². The van der Waals surface area contributed by atoms with Gasteiger partial charge in [0.1, 0.15) is 0 Å². The van der Waals surface area contributed by atoms with Crippen LogP contribution in [0.1, 0.15) is 21.5 Å². The van der Waals surface area contributed by atoms with Crippen LogP contribution in [0, 0.1) is 13.8 Å². The molecule has 0 aliphatic heterocycles. The monoisotopic (exact) mass is 237 g/mol. The van der Waals surface area contributed by atoms with Crippen LogP contribution < -0.4 is 5.32 Å². The minimum absolute atomic E-state index is 0.382. The number of nitrogens with one attached hydrogen (secondary N) is 1. The van der Waals surface area contributed by atoms with Gasteiger partial charge in [-0.3, -0.25) is 4.79 Å². The zero-order chi connectivity index (χ0) is 13.0. The van der Waals surface area contributed by atoms with E-state index in [4.69, 9.17) is 10.2 Å². The van der Waals surface area contributed by atoms with Crippen molar-refractivity contribution in [3.8, 4) is 0 Å². The van der Waals surface area contributed by atoms with Crippen molar-refractivity contribution in [2.75, 3.05) is 6.61 Å². The Morgan fingerprint density at radius 3 is 2.41 bits per heavy atom. The summed E-state index contributed by atoms with van der Waals surface area (Å²) in [6, 6.07) is 3.82. The standard InChI is InChI=1S/C12H15NO4/c1-7-3-4-9(5-8(7)2)11(15)13-10(6-14)12(16)17/h3-5,10,14H,6H2,1-2H3,(H,13,15)(H,16,17)/t10-/m1/s1. The average Bonchev–Trinajstić information content (AvgIpc) is 2.28. The number of rotatable bonds is 4. The van der Waals surface area contributed by atoms with Gasteiger partial charge in [0, 0.05) is 5.56 Å². The molecule has 1 rings (SSSR count). The molecule has 1 atom stereocenters. The molecule has 92 valence electrons. The lowest BCUT2D eigenvalue weighted by Crippen LogP contribution is -2.43. The first-order valence-electron chi connectivity index (χ1n) is 5.17. The molecule has 0 saturated heterocycles. The average molecular weight is 237 g/mol.